The van der Waals surface area contributed by atoms with E-state index in [4.69, 9.17) is 11.6 Å². The summed E-state index contributed by atoms with van der Waals surface area (Å²) in [5.41, 5.74) is 2.09. The predicted molar refractivity (Wildman–Crippen MR) is 90.7 cm³/mol. The van der Waals surface area contributed by atoms with Crippen molar-refractivity contribution in [2.45, 2.75) is 13.1 Å². The second kappa shape index (κ2) is 5.39. The molecule has 0 aliphatic heterocycles. The second-order valence-corrected chi connectivity index (χ2v) is 8.55. The normalized spacial score (nSPS) is 11.2. The number of nitrogens with zero attached hydrogens (tertiary/aromatic N) is 1. The molecule has 0 aliphatic rings. The number of aromatic nitrogens is 1. The molecule has 0 amide bonds. The minimum atomic E-state index is -0.927. The number of pyridine rings is 1. The topological polar surface area (TPSA) is 12.9 Å². The van der Waals surface area contributed by atoms with Crippen molar-refractivity contribution in [2.75, 3.05) is 0 Å². The van der Waals surface area contributed by atoms with Gasteiger partial charge in [-0.25, -0.2) is 4.98 Å². The van der Waals surface area contributed by atoms with E-state index in [0.717, 1.165) is 11.3 Å². The Balaban J connectivity index is 2.19. The number of rotatable bonds is 2. The first-order valence-electron chi connectivity index (χ1n) is 6.81. The Kier molecular flexibility index (Phi) is 3.60. The van der Waals surface area contributed by atoms with Crippen LogP contribution in [0.2, 0.25) is 18.2 Å². The number of halogens is 1. The highest BCUT2D eigenvalue weighted by Crippen LogP contribution is 2.27. The Morgan fingerprint density at radius 3 is 2.40 bits per heavy atom. The van der Waals surface area contributed by atoms with Crippen LogP contribution in [0.15, 0.2) is 54.6 Å². The molecule has 0 spiro atoms. The van der Waals surface area contributed by atoms with E-state index in [1.165, 1.54) is 16.0 Å². The van der Waals surface area contributed by atoms with Crippen molar-refractivity contribution in [3.8, 4) is 11.3 Å². The van der Waals surface area contributed by atoms with E-state index in [0.29, 0.717) is 5.15 Å². The van der Waals surface area contributed by atoms with Crippen LogP contribution in [0.25, 0.3) is 22.0 Å². The van der Waals surface area contributed by atoms with Crippen molar-refractivity contribution in [3.05, 3.63) is 59.8 Å². The summed E-state index contributed by atoms with van der Waals surface area (Å²) < 4.78 is 0. The lowest BCUT2D eigenvalue weighted by Gasteiger charge is -2.10. The zero-order chi connectivity index (χ0) is 14.1. The molecule has 0 fully saturated rings. The zero-order valence-electron chi connectivity index (χ0n) is 11.6. The van der Waals surface area contributed by atoms with Gasteiger partial charge in [0.2, 0.25) is 0 Å². The maximum Gasteiger partial charge on any atom is 0.128 e. The molecular weight excluding hydrogens is 282 g/mol. The summed E-state index contributed by atoms with van der Waals surface area (Å²) in [6, 6.07) is 18.9. The van der Waals surface area contributed by atoms with Crippen LogP contribution < -0.4 is 5.19 Å². The van der Waals surface area contributed by atoms with Gasteiger partial charge in [0, 0.05) is 5.56 Å². The standard InChI is InChI=1S/C17H16ClNSi/c1-20(2)16-11-10-15(19-17(16)18)14-9-5-7-12-6-3-4-8-13(12)14/h3-11,20H,1-2H3. The summed E-state index contributed by atoms with van der Waals surface area (Å²) in [6.45, 7) is 4.53. The molecule has 3 aromatic rings. The first-order valence-corrected chi connectivity index (χ1v) is 10.1. The average molecular weight is 298 g/mol. The van der Waals surface area contributed by atoms with Crippen molar-refractivity contribution < 1.29 is 0 Å². The fourth-order valence-corrected chi connectivity index (χ4v) is 4.31. The van der Waals surface area contributed by atoms with Gasteiger partial charge in [-0.15, -0.1) is 0 Å². The van der Waals surface area contributed by atoms with Crippen molar-refractivity contribution in [3.63, 3.8) is 0 Å². The zero-order valence-corrected chi connectivity index (χ0v) is 13.5. The summed E-state index contributed by atoms with van der Waals surface area (Å²) in [6.07, 6.45) is 0. The van der Waals surface area contributed by atoms with E-state index in [1.807, 2.05) is 0 Å². The molecule has 0 unspecified atom stereocenters. The van der Waals surface area contributed by atoms with E-state index in [9.17, 15) is 0 Å². The summed E-state index contributed by atoms with van der Waals surface area (Å²) in [5, 5.41) is 4.34. The molecule has 20 heavy (non-hydrogen) atoms. The molecule has 0 N–H and O–H groups in total. The molecule has 0 atom stereocenters. The molecule has 0 bridgehead atoms. The highest BCUT2D eigenvalue weighted by Gasteiger charge is 2.10. The molecule has 1 nitrogen and oxygen atoms in total. The Hall–Kier alpha value is -1.64. The summed E-state index contributed by atoms with van der Waals surface area (Å²) >= 11 is 6.35. The molecular formula is C17H16ClNSi. The lowest BCUT2D eigenvalue weighted by molar-refractivity contribution is 1.35. The van der Waals surface area contributed by atoms with E-state index >= 15 is 0 Å². The fraction of sp³-hybridized carbons (Fsp3) is 0.118. The van der Waals surface area contributed by atoms with Gasteiger partial charge < -0.3 is 0 Å². The molecule has 1 heterocycles. The molecule has 0 saturated heterocycles. The van der Waals surface area contributed by atoms with E-state index < -0.39 is 8.80 Å². The first kappa shape index (κ1) is 13.3. The second-order valence-electron chi connectivity index (χ2n) is 5.26. The van der Waals surface area contributed by atoms with Crippen molar-refractivity contribution >= 4 is 36.4 Å². The maximum absolute atomic E-state index is 6.35. The van der Waals surface area contributed by atoms with Gasteiger partial charge in [-0.2, -0.15) is 0 Å². The lowest BCUT2D eigenvalue weighted by atomic mass is 10.0. The number of hydrogen-bond acceptors (Lipinski definition) is 1. The molecule has 0 aliphatic carbocycles. The average Bonchev–Trinajstić information content (AvgIpc) is 2.46. The Morgan fingerprint density at radius 1 is 0.900 bits per heavy atom. The Bertz CT molecular complexity index is 763. The number of benzene rings is 2. The molecule has 0 saturated carbocycles. The van der Waals surface area contributed by atoms with Crippen molar-refractivity contribution in [1.29, 1.82) is 0 Å². The van der Waals surface area contributed by atoms with Gasteiger partial charge in [-0.1, -0.05) is 73.2 Å². The quantitative estimate of drug-likeness (QED) is 0.509. The van der Waals surface area contributed by atoms with Gasteiger partial charge in [-0.05, 0) is 22.0 Å². The Morgan fingerprint density at radius 2 is 1.65 bits per heavy atom. The highest BCUT2D eigenvalue weighted by molar-refractivity contribution is 6.73. The lowest BCUT2D eigenvalue weighted by Crippen LogP contribution is -2.24. The fourth-order valence-electron chi connectivity index (χ4n) is 2.47. The van der Waals surface area contributed by atoms with Gasteiger partial charge in [0.25, 0.3) is 0 Å². The van der Waals surface area contributed by atoms with Crippen LogP contribution in [-0.2, 0) is 0 Å². The smallest absolute Gasteiger partial charge is 0.128 e. The molecule has 1 aromatic heterocycles. The third kappa shape index (κ3) is 2.37. The molecule has 3 heteroatoms. The summed E-state index contributed by atoms with van der Waals surface area (Å²) in [5.74, 6) is 0. The minimum absolute atomic E-state index is 0.664. The molecule has 3 rings (SSSR count). The van der Waals surface area contributed by atoms with Gasteiger partial charge in [-0.3, -0.25) is 0 Å². The van der Waals surface area contributed by atoms with Gasteiger partial charge in [0.05, 0.1) is 14.5 Å². The SMILES string of the molecule is C[SiH](C)c1ccc(-c2cccc3ccccc23)nc1Cl. The van der Waals surface area contributed by atoms with Crippen LogP contribution in [0.1, 0.15) is 0 Å². The van der Waals surface area contributed by atoms with Gasteiger partial charge >= 0.3 is 0 Å². The molecule has 0 radical (unpaired) electrons. The third-order valence-electron chi connectivity index (χ3n) is 3.57. The first-order chi connectivity index (χ1) is 9.66. The predicted octanol–water partition coefficient (Wildman–Crippen LogP) is 4.25. The third-order valence-corrected chi connectivity index (χ3v) is 5.76. The van der Waals surface area contributed by atoms with Crippen LogP contribution in [0.3, 0.4) is 0 Å². The Labute approximate surface area is 125 Å². The van der Waals surface area contributed by atoms with E-state index in [-0.39, 0.29) is 0 Å². The van der Waals surface area contributed by atoms with Gasteiger partial charge in [0.15, 0.2) is 0 Å². The van der Waals surface area contributed by atoms with Crippen LogP contribution in [0.4, 0.5) is 0 Å². The largest absolute Gasteiger partial charge is 0.236 e. The summed E-state index contributed by atoms with van der Waals surface area (Å²) in [7, 11) is -0.927. The monoisotopic (exact) mass is 297 g/mol. The van der Waals surface area contributed by atoms with Crippen LogP contribution in [0, 0.1) is 0 Å². The van der Waals surface area contributed by atoms with E-state index in [1.54, 1.807) is 0 Å². The molecule has 2 aromatic carbocycles. The highest BCUT2D eigenvalue weighted by atomic mass is 35.5. The molecule has 100 valence electrons. The summed E-state index contributed by atoms with van der Waals surface area (Å²) in [4.78, 5) is 4.61. The maximum atomic E-state index is 6.35. The number of fused-ring (bicyclic) bond motifs is 1. The van der Waals surface area contributed by atoms with Crippen LogP contribution >= 0.6 is 11.6 Å². The van der Waals surface area contributed by atoms with Crippen LogP contribution in [0.5, 0.6) is 0 Å². The van der Waals surface area contributed by atoms with Crippen molar-refractivity contribution in [1.82, 2.24) is 4.98 Å². The van der Waals surface area contributed by atoms with Gasteiger partial charge in [0.1, 0.15) is 5.15 Å². The minimum Gasteiger partial charge on any atom is -0.236 e. The van der Waals surface area contributed by atoms with Crippen LogP contribution in [-0.4, -0.2) is 13.8 Å². The number of hydrogen-bond donors (Lipinski definition) is 0. The van der Waals surface area contributed by atoms with E-state index in [2.05, 4.69) is 72.7 Å². The van der Waals surface area contributed by atoms with Crippen molar-refractivity contribution in [2.24, 2.45) is 0 Å².